The van der Waals surface area contributed by atoms with E-state index in [9.17, 15) is 4.79 Å². The minimum atomic E-state index is -0.863. The highest BCUT2D eigenvalue weighted by atomic mass is 79.9. The average Bonchev–Trinajstić information content (AvgIpc) is 1.82. The van der Waals surface area contributed by atoms with Gasteiger partial charge in [-0.2, -0.15) is 0 Å². The smallest absolute Gasteiger partial charge is 0.336 e. The second-order valence-corrected chi connectivity index (χ2v) is 3.64. The molecule has 0 fully saturated rings. The van der Waals surface area contributed by atoms with Crippen molar-refractivity contribution in [2.75, 3.05) is 0 Å². The Bertz CT molecular complexity index is 308. The van der Waals surface area contributed by atoms with Crippen molar-refractivity contribution >= 4 is 21.9 Å². The number of halogens is 1. The van der Waals surface area contributed by atoms with E-state index in [1.54, 1.807) is 26.0 Å². The lowest BCUT2D eigenvalue weighted by Gasteiger charge is -2.04. The third-order valence-electron chi connectivity index (χ3n) is 1.71. The van der Waals surface area contributed by atoms with Gasteiger partial charge >= 0.3 is 5.97 Å². The maximum Gasteiger partial charge on any atom is 0.336 e. The van der Waals surface area contributed by atoms with Crippen LogP contribution in [0.1, 0.15) is 21.5 Å². The lowest BCUT2D eigenvalue weighted by Crippen LogP contribution is -2.02. The van der Waals surface area contributed by atoms with Crippen LogP contribution in [0.4, 0.5) is 0 Å². The first-order valence-electron chi connectivity index (χ1n) is 3.52. The highest BCUT2D eigenvalue weighted by molar-refractivity contribution is 9.10. The van der Waals surface area contributed by atoms with Gasteiger partial charge in [-0.25, -0.2) is 4.79 Å². The average molecular weight is 229 g/mol. The van der Waals surface area contributed by atoms with Crippen LogP contribution < -0.4 is 0 Å². The molecule has 1 N–H and O–H groups in total. The standard InChI is InChI=1S/C9H9BrO2/c1-5-3-7(10)4-6(2)8(5)9(11)12/h3-4H,1-2H3,(H,11,12). The van der Waals surface area contributed by atoms with Crippen molar-refractivity contribution in [3.63, 3.8) is 0 Å². The minimum absolute atomic E-state index is 0.401. The molecule has 0 bridgehead atoms. The van der Waals surface area contributed by atoms with E-state index in [0.29, 0.717) is 5.56 Å². The molecule has 0 aromatic heterocycles. The lowest BCUT2D eigenvalue weighted by molar-refractivity contribution is 0.0695. The molecular formula is C9H9BrO2. The first kappa shape index (κ1) is 9.26. The molecule has 0 unspecified atom stereocenters. The topological polar surface area (TPSA) is 37.3 Å². The first-order chi connectivity index (χ1) is 5.52. The van der Waals surface area contributed by atoms with E-state index >= 15 is 0 Å². The van der Waals surface area contributed by atoms with Crippen LogP contribution in [-0.4, -0.2) is 11.1 Å². The van der Waals surface area contributed by atoms with E-state index in [1.807, 2.05) is 0 Å². The van der Waals surface area contributed by atoms with E-state index in [1.165, 1.54) is 0 Å². The second-order valence-electron chi connectivity index (χ2n) is 2.72. The fourth-order valence-corrected chi connectivity index (χ4v) is 1.93. The molecule has 0 saturated carbocycles. The number of aryl methyl sites for hydroxylation is 2. The molecule has 1 aromatic rings. The van der Waals surface area contributed by atoms with Crippen LogP contribution >= 0.6 is 15.9 Å². The molecule has 3 heteroatoms. The van der Waals surface area contributed by atoms with Gasteiger partial charge in [0.25, 0.3) is 0 Å². The largest absolute Gasteiger partial charge is 0.478 e. The van der Waals surface area contributed by atoms with Crippen LogP contribution in [-0.2, 0) is 0 Å². The van der Waals surface area contributed by atoms with E-state index in [0.717, 1.165) is 15.6 Å². The quantitative estimate of drug-likeness (QED) is 0.803. The van der Waals surface area contributed by atoms with Crippen LogP contribution in [0.25, 0.3) is 0 Å². The van der Waals surface area contributed by atoms with Gasteiger partial charge in [0.15, 0.2) is 0 Å². The molecular weight excluding hydrogens is 220 g/mol. The first-order valence-corrected chi connectivity index (χ1v) is 4.31. The Hall–Kier alpha value is -0.830. The monoisotopic (exact) mass is 228 g/mol. The summed E-state index contributed by atoms with van der Waals surface area (Å²) in [4.78, 5) is 10.7. The van der Waals surface area contributed by atoms with Gasteiger partial charge < -0.3 is 5.11 Å². The molecule has 0 saturated heterocycles. The van der Waals surface area contributed by atoms with Gasteiger partial charge in [-0.15, -0.1) is 0 Å². The molecule has 0 spiro atoms. The maximum atomic E-state index is 10.7. The van der Waals surface area contributed by atoms with Crippen molar-refractivity contribution in [3.05, 3.63) is 33.3 Å². The summed E-state index contributed by atoms with van der Waals surface area (Å²) < 4.78 is 0.919. The molecule has 0 aliphatic heterocycles. The van der Waals surface area contributed by atoms with Crippen LogP contribution in [0.5, 0.6) is 0 Å². The van der Waals surface area contributed by atoms with E-state index in [4.69, 9.17) is 5.11 Å². The second kappa shape index (κ2) is 3.27. The normalized spacial score (nSPS) is 9.92. The molecule has 64 valence electrons. The summed E-state index contributed by atoms with van der Waals surface area (Å²) in [6, 6.07) is 3.60. The third-order valence-corrected chi connectivity index (χ3v) is 2.17. The zero-order valence-corrected chi connectivity index (χ0v) is 8.47. The van der Waals surface area contributed by atoms with Gasteiger partial charge in [-0.3, -0.25) is 0 Å². The molecule has 12 heavy (non-hydrogen) atoms. The van der Waals surface area contributed by atoms with Crippen LogP contribution in [0.3, 0.4) is 0 Å². The van der Waals surface area contributed by atoms with Crippen LogP contribution in [0.15, 0.2) is 16.6 Å². The number of hydrogen-bond acceptors (Lipinski definition) is 1. The molecule has 1 rings (SSSR count). The third kappa shape index (κ3) is 1.67. The zero-order valence-electron chi connectivity index (χ0n) is 6.89. The molecule has 0 radical (unpaired) electrons. The van der Waals surface area contributed by atoms with E-state index in [-0.39, 0.29) is 0 Å². The summed E-state index contributed by atoms with van der Waals surface area (Å²) in [6.07, 6.45) is 0. The van der Waals surface area contributed by atoms with E-state index < -0.39 is 5.97 Å². The fourth-order valence-electron chi connectivity index (χ4n) is 1.25. The van der Waals surface area contributed by atoms with Gasteiger partial charge in [-0.05, 0) is 37.1 Å². The summed E-state index contributed by atoms with van der Waals surface area (Å²) in [5.41, 5.74) is 1.97. The number of benzene rings is 1. The molecule has 0 atom stereocenters. The summed E-state index contributed by atoms with van der Waals surface area (Å²) in [7, 11) is 0. The Morgan fingerprint density at radius 3 is 2.08 bits per heavy atom. The minimum Gasteiger partial charge on any atom is -0.478 e. The number of carboxylic acid groups (broad SMARTS) is 1. The SMILES string of the molecule is Cc1cc(Br)cc(C)c1C(=O)O. The van der Waals surface area contributed by atoms with Gasteiger partial charge in [0.2, 0.25) is 0 Å². The van der Waals surface area contributed by atoms with Gasteiger partial charge in [-0.1, -0.05) is 15.9 Å². The Morgan fingerprint density at radius 1 is 1.33 bits per heavy atom. The highest BCUT2D eigenvalue weighted by Gasteiger charge is 2.10. The molecule has 0 aliphatic carbocycles. The summed E-state index contributed by atoms with van der Waals surface area (Å²) in [6.45, 7) is 3.59. The van der Waals surface area contributed by atoms with Gasteiger partial charge in [0.1, 0.15) is 0 Å². The van der Waals surface area contributed by atoms with Crippen molar-refractivity contribution < 1.29 is 9.90 Å². The van der Waals surface area contributed by atoms with Crippen molar-refractivity contribution in [3.8, 4) is 0 Å². The zero-order chi connectivity index (χ0) is 9.30. The predicted octanol–water partition coefficient (Wildman–Crippen LogP) is 2.76. The summed E-state index contributed by atoms with van der Waals surface area (Å²) >= 11 is 3.30. The van der Waals surface area contributed by atoms with Crippen LogP contribution in [0, 0.1) is 13.8 Å². The Balaban J connectivity index is 3.38. The number of hydrogen-bond donors (Lipinski definition) is 1. The predicted molar refractivity (Wildman–Crippen MR) is 50.6 cm³/mol. The summed E-state index contributed by atoms with van der Waals surface area (Å²) in [5, 5.41) is 8.82. The molecule has 0 amide bonds. The Kier molecular flexibility index (Phi) is 2.52. The van der Waals surface area contributed by atoms with Crippen molar-refractivity contribution in [2.45, 2.75) is 13.8 Å². The van der Waals surface area contributed by atoms with E-state index in [2.05, 4.69) is 15.9 Å². The maximum absolute atomic E-state index is 10.7. The van der Waals surface area contributed by atoms with Gasteiger partial charge in [0, 0.05) is 4.47 Å². The number of rotatable bonds is 1. The number of carboxylic acids is 1. The number of carbonyl (C=O) groups is 1. The van der Waals surface area contributed by atoms with Crippen molar-refractivity contribution in [1.29, 1.82) is 0 Å². The molecule has 0 aliphatic rings. The Labute approximate surface area is 79.3 Å². The molecule has 2 nitrogen and oxygen atoms in total. The van der Waals surface area contributed by atoms with Gasteiger partial charge in [0.05, 0.1) is 5.56 Å². The highest BCUT2D eigenvalue weighted by Crippen LogP contribution is 2.20. The Morgan fingerprint density at radius 2 is 1.75 bits per heavy atom. The fraction of sp³-hybridized carbons (Fsp3) is 0.222. The molecule has 0 heterocycles. The van der Waals surface area contributed by atoms with Crippen molar-refractivity contribution in [1.82, 2.24) is 0 Å². The molecule has 1 aromatic carbocycles. The van der Waals surface area contributed by atoms with Crippen LogP contribution in [0.2, 0.25) is 0 Å². The number of aromatic carboxylic acids is 1. The lowest BCUT2D eigenvalue weighted by atomic mass is 10.0. The van der Waals surface area contributed by atoms with Crippen molar-refractivity contribution in [2.24, 2.45) is 0 Å². The summed E-state index contributed by atoms with van der Waals surface area (Å²) in [5.74, 6) is -0.863.